The van der Waals surface area contributed by atoms with Crippen molar-refractivity contribution in [3.05, 3.63) is 60.8 Å². The number of anilines is 1. The molecule has 0 aliphatic carbocycles. The first-order chi connectivity index (χ1) is 19.0. The van der Waals surface area contributed by atoms with E-state index >= 15 is 0 Å². The van der Waals surface area contributed by atoms with Gasteiger partial charge in [0.05, 0.1) is 45.7 Å². The summed E-state index contributed by atoms with van der Waals surface area (Å²) in [6.45, 7) is 5.91. The van der Waals surface area contributed by atoms with Gasteiger partial charge in [0.2, 0.25) is 5.75 Å². The van der Waals surface area contributed by atoms with E-state index in [1.807, 2.05) is 24.3 Å². The molecule has 0 spiro atoms. The quantitative estimate of drug-likeness (QED) is 0.363. The highest BCUT2D eigenvalue weighted by Gasteiger charge is 2.44. The van der Waals surface area contributed by atoms with Crippen LogP contribution in [0.4, 0.5) is 10.5 Å². The predicted molar refractivity (Wildman–Crippen MR) is 149 cm³/mol. The summed E-state index contributed by atoms with van der Waals surface area (Å²) in [5, 5.41) is 3.76. The number of ether oxygens (including phenoxy) is 5. The molecule has 2 bridgehead atoms. The van der Waals surface area contributed by atoms with Gasteiger partial charge in [-0.1, -0.05) is 6.08 Å². The van der Waals surface area contributed by atoms with E-state index in [-0.39, 0.29) is 6.04 Å². The minimum atomic E-state index is -0.579. The molecule has 3 aliphatic rings. The van der Waals surface area contributed by atoms with Gasteiger partial charge in [-0.05, 0) is 55.5 Å². The number of nitrogens with one attached hydrogen (secondary N) is 1. The van der Waals surface area contributed by atoms with Crippen molar-refractivity contribution in [3.8, 4) is 23.0 Å². The number of carbonyl (C=O) groups is 1. The normalized spacial score (nSPS) is 22.6. The molecule has 4 heterocycles. The van der Waals surface area contributed by atoms with Gasteiger partial charge in [-0.2, -0.15) is 0 Å². The Morgan fingerprint density at radius 2 is 1.85 bits per heavy atom. The average Bonchev–Trinajstić information content (AvgIpc) is 2.98. The van der Waals surface area contributed by atoms with Crippen molar-refractivity contribution in [2.75, 3.05) is 46.8 Å². The highest BCUT2D eigenvalue weighted by Crippen LogP contribution is 2.44. The minimum Gasteiger partial charge on any atom is -0.497 e. The van der Waals surface area contributed by atoms with Gasteiger partial charge in [0.15, 0.2) is 11.5 Å². The highest BCUT2D eigenvalue weighted by atomic mass is 16.6. The Kier molecular flexibility index (Phi) is 7.79. The predicted octanol–water partition coefficient (Wildman–Crippen LogP) is 5.46. The molecule has 39 heavy (non-hydrogen) atoms. The summed E-state index contributed by atoms with van der Waals surface area (Å²) in [7, 11) is 6.23. The van der Waals surface area contributed by atoms with Gasteiger partial charge < -0.3 is 23.7 Å². The van der Waals surface area contributed by atoms with Crippen molar-refractivity contribution in [1.82, 2.24) is 9.88 Å². The minimum absolute atomic E-state index is 0.0161. The van der Waals surface area contributed by atoms with Crippen molar-refractivity contribution in [3.63, 3.8) is 0 Å². The zero-order valence-corrected chi connectivity index (χ0v) is 22.8. The molecule has 3 saturated heterocycles. The van der Waals surface area contributed by atoms with E-state index in [0.29, 0.717) is 34.8 Å². The monoisotopic (exact) mass is 533 g/mol. The molecule has 1 unspecified atom stereocenters. The first kappa shape index (κ1) is 26.6. The lowest BCUT2D eigenvalue weighted by atomic mass is 9.73. The molecule has 6 rings (SSSR count). The standard InChI is InChI=1S/C30H35N3O6/c1-6-18-17-33-12-10-19(18)13-25(33)28(22-9-11-31-24-8-7-21(35-2)16-23(22)24)39-30(34)32-20-14-26(36-3)29(38-5)27(15-20)37-4/h6-9,11,14-16,18-19,25,28H,1,10,12-13,17H2,2-5H3,(H,32,34)/t18-,19-,25-,28+/m0/s1. The Morgan fingerprint density at radius 3 is 2.46 bits per heavy atom. The zero-order chi connectivity index (χ0) is 27.5. The Labute approximate surface area is 228 Å². The van der Waals surface area contributed by atoms with Crippen LogP contribution >= 0.6 is 0 Å². The first-order valence-electron chi connectivity index (χ1n) is 13.1. The van der Waals surface area contributed by atoms with Crippen LogP contribution in [0.5, 0.6) is 23.0 Å². The molecule has 9 heteroatoms. The summed E-state index contributed by atoms with van der Waals surface area (Å²) >= 11 is 0. The fourth-order valence-electron chi connectivity index (χ4n) is 5.98. The molecule has 1 amide bonds. The fraction of sp³-hybridized carbons (Fsp3) is 0.400. The third kappa shape index (κ3) is 5.18. The molecule has 1 aromatic heterocycles. The highest BCUT2D eigenvalue weighted by molar-refractivity contribution is 5.87. The third-order valence-corrected chi connectivity index (χ3v) is 7.94. The van der Waals surface area contributed by atoms with Crippen LogP contribution in [0.2, 0.25) is 0 Å². The molecule has 3 aliphatic heterocycles. The van der Waals surface area contributed by atoms with Crippen molar-refractivity contribution in [2.45, 2.75) is 25.0 Å². The smallest absolute Gasteiger partial charge is 0.412 e. The number of fused-ring (bicyclic) bond motifs is 4. The van der Waals surface area contributed by atoms with E-state index in [1.54, 1.807) is 25.4 Å². The molecular weight excluding hydrogens is 498 g/mol. The van der Waals surface area contributed by atoms with E-state index in [0.717, 1.165) is 48.1 Å². The van der Waals surface area contributed by atoms with Crippen molar-refractivity contribution < 1.29 is 28.5 Å². The summed E-state index contributed by atoms with van der Waals surface area (Å²) in [4.78, 5) is 20.4. The number of carbonyl (C=O) groups excluding carboxylic acids is 1. The van der Waals surface area contributed by atoms with Crippen LogP contribution in [0, 0.1) is 11.8 Å². The molecular formula is C30H35N3O6. The lowest BCUT2D eigenvalue weighted by Crippen LogP contribution is -2.55. The van der Waals surface area contributed by atoms with Crippen molar-refractivity contribution in [2.24, 2.45) is 11.8 Å². The molecule has 5 atom stereocenters. The number of rotatable bonds is 9. The molecule has 3 aromatic rings. The second kappa shape index (κ2) is 11.4. The SMILES string of the molecule is C=C[C@H]1CN2CC[C@H]1C[C@H]2[C@H](OC(=O)Nc1cc(OC)c(OC)c(OC)c1)c1ccnc2ccc(OC)cc12. The van der Waals surface area contributed by atoms with Crippen LogP contribution in [0.25, 0.3) is 10.9 Å². The van der Waals surface area contributed by atoms with Crippen LogP contribution in [-0.2, 0) is 4.74 Å². The van der Waals surface area contributed by atoms with Crippen LogP contribution in [0.1, 0.15) is 24.5 Å². The maximum absolute atomic E-state index is 13.5. The van der Waals surface area contributed by atoms with E-state index in [2.05, 4.69) is 27.9 Å². The molecule has 1 N–H and O–H groups in total. The number of piperidine rings is 3. The Morgan fingerprint density at radius 1 is 1.08 bits per heavy atom. The number of amides is 1. The van der Waals surface area contributed by atoms with Gasteiger partial charge in [0, 0.05) is 35.8 Å². The lowest BCUT2D eigenvalue weighted by Gasteiger charge is -2.51. The van der Waals surface area contributed by atoms with Gasteiger partial charge in [-0.3, -0.25) is 15.2 Å². The number of hydrogen-bond acceptors (Lipinski definition) is 8. The Balaban J connectivity index is 1.50. The summed E-state index contributed by atoms with van der Waals surface area (Å²) in [5.74, 6) is 2.97. The largest absolute Gasteiger partial charge is 0.497 e. The average molecular weight is 534 g/mol. The van der Waals surface area contributed by atoms with Crippen molar-refractivity contribution >= 4 is 22.7 Å². The second-order valence-corrected chi connectivity index (χ2v) is 9.89. The number of nitrogens with zero attached hydrogens (tertiary/aromatic N) is 2. The second-order valence-electron chi connectivity index (χ2n) is 9.89. The van der Waals surface area contributed by atoms with Crippen LogP contribution < -0.4 is 24.3 Å². The summed E-state index contributed by atoms with van der Waals surface area (Å²) in [6.07, 6.45) is 4.74. The first-order valence-corrected chi connectivity index (χ1v) is 13.1. The number of pyridine rings is 1. The van der Waals surface area contributed by atoms with Gasteiger partial charge in [-0.25, -0.2) is 4.79 Å². The van der Waals surface area contributed by atoms with E-state index < -0.39 is 12.2 Å². The summed E-state index contributed by atoms with van der Waals surface area (Å²) < 4.78 is 28.1. The third-order valence-electron chi connectivity index (χ3n) is 7.94. The van der Waals surface area contributed by atoms with Crippen molar-refractivity contribution in [1.29, 1.82) is 0 Å². The molecule has 3 fully saturated rings. The number of benzene rings is 2. The molecule has 0 radical (unpaired) electrons. The zero-order valence-electron chi connectivity index (χ0n) is 22.8. The lowest BCUT2D eigenvalue weighted by molar-refractivity contribution is -0.0473. The van der Waals surface area contributed by atoms with E-state index in [1.165, 1.54) is 21.3 Å². The Hall–Kier alpha value is -3.98. The fourth-order valence-corrected chi connectivity index (χ4v) is 5.98. The van der Waals surface area contributed by atoms with Crippen LogP contribution in [-0.4, -0.2) is 63.5 Å². The van der Waals surface area contributed by atoms with E-state index in [4.69, 9.17) is 23.7 Å². The number of methoxy groups -OCH3 is 4. The molecule has 9 nitrogen and oxygen atoms in total. The van der Waals surface area contributed by atoms with Gasteiger partial charge >= 0.3 is 6.09 Å². The molecule has 206 valence electrons. The van der Waals surface area contributed by atoms with Crippen LogP contribution in [0.3, 0.4) is 0 Å². The Bertz CT molecular complexity index is 1340. The van der Waals surface area contributed by atoms with Gasteiger partial charge in [0.1, 0.15) is 11.9 Å². The van der Waals surface area contributed by atoms with E-state index in [9.17, 15) is 4.79 Å². The number of aromatic nitrogens is 1. The van der Waals surface area contributed by atoms with Gasteiger partial charge in [-0.15, -0.1) is 6.58 Å². The number of hydrogen-bond donors (Lipinski definition) is 1. The molecule has 2 aromatic carbocycles. The van der Waals surface area contributed by atoms with Crippen LogP contribution in [0.15, 0.2) is 55.3 Å². The maximum atomic E-state index is 13.5. The van der Waals surface area contributed by atoms with Gasteiger partial charge in [0.25, 0.3) is 0 Å². The summed E-state index contributed by atoms with van der Waals surface area (Å²) in [5.41, 5.74) is 2.17. The maximum Gasteiger partial charge on any atom is 0.412 e. The molecule has 0 saturated carbocycles. The topological polar surface area (TPSA) is 91.4 Å². The summed E-state index contributed by atoms with van der Waals surface area (Å²) in [6, 6.07) is 11.1.